The van der Waals surface area contributed by atoms with Crippen LogP contribution in [0.25, 0.3) is 22.5 Å². The van der Waals surface area contributed by atoms with Crippen LogP contribution in [0.1, 0.15) is 0 Å². The van der Waals surface area contributed by atoms with E-state index in [1.807, 2.05) is 30.3 Å². The number of aromatic amines is 1. The largest absolute Gasteiger partial charge is 0.493 e. The first-order chi connectivity index (χ1) is 10.2. The van der Waals surface area contributed by atoms with Crippen LogP contribution in [0.15, 0.2) is 63.9 Å². The predicted octanol–water partition coefficient (Wildman–Crippen LogP) is 3.57. The molecule has 0 saturated heterocycles. The normalized spacial score (nSPS) is 10.5. The van der Waals surface area contributed by atoms with Crippen LogP contribution in [0.4, 0.5) is 0 Å². The minimum Gasteiger partial charge on any atom is -0.493 e. The number of rotatable bonds is 2. The van der Waals surface area contributed by atoms with E-state index in [0.717, 1.165) is 4.47 Å². The van der Waals surface area contributed by atoms with Crippen molar-refractivity contribution < 1.29 is 5.11 Å². The monoisotopic (exact) mass is 342 g/mol. The van der Waals surface area contributed by atoms with Crippen molar-refractivity contribution in [3.63, 3.8) is 0 Å². The third-order valence-electron chi connectivity index (χ3n) is 3.09. The van der Waals surface area contributed by atoms with Gasteiger partial charge in [-0.1, -0.05) is 64.5 Å². The molecule has 1 heterocycles. The summed E-state index contributed by atoms with van der Waals surface area (Å²) in [6.45, 7) is 0. The van der Waals surface area contributed by atoms with Crippen LogP contribution in [-0.4, -0.2) is 15.1 Å². The molecule has 104 valence electrons. The molecule has 0 unspecified atom stereocenters. The summed E-state index contributed by atoms with van der Waals surface area (Å²) in [6, 6.07) is 16.3. The zero-order valence-electron chi connectivity index (χ0n) is 10.9. The van der Waals surface area contributed by atoms with E-state index in [0.29, 0.717) is 17.0 Å². The molecule has 0 amide bonds. The summed E-state index contributed by atoms with van der Waals surface area (Å²) in [4.78, 5) is 19.1. The van der Waals surface area contributed by atoms with Gasteiger partial charge in [-0.25, -0.2) is 0 Å². The van der Waals surface area contributed by atoms with Crippen LogP contribution in [0.3, 0.4) is 0 Å². The maximum atomic E-state index is 12.3. The van der Waals surface area contributed by atoms with E-state index in [2.05, 4.69) is 25.9 Å². The summed E-state index contributed by atoms with van der Waals surface area (Å²) in [5.41, 5.74) is 1.14. The number of hydrogen-bond acceptors (Lipinski definition) is 3. The Bertz CT molecular complexity index is 844. The van der Waals surface area contributed by atoms with Gasteiger partial charge in [-0.05, 0) is 11.6 Å². The second kappa shape index (κ2) is 5.54. The molecular weight excluding hydrogens is 332 g/mol. The molecule has 0 radical (unpaired) electrons. The molecule has 0 bridgehead atoms. The summed E-state index contributed by atoms with van der Waals surface area (Å²) in [6.07, 6.45) is 0. The fraction of sp³-hybridized carbons (Fsp3) is 0. The SMILES string of the molecule is O=c1[nH]c(-c2ccccc2Br)nc(O)c1-c1ccccc1. The molecule has 0 spiro atoms. The van der Waals surface area contributed by atoms with Gasteiger partial charge in [0.05, 0.1) is 0 Å². The van der Waals surface area contributed by atoms with Crippen LogP contribution >= 0.6 is 15.9 Å². The molecule has 2 aromatic carbocycles. The Morgan fingerprint density at radius 2 is 1.67 bits per heavy atom. The molecule has 0 atom stereocenters. The molecule has 3 rings (SSSR count). The highest BCUT2D eigenvalue weighted by molar-refractivity contribution is 9.10. The number of nitrogens with one attached hydrogen (secondary N) is 1. The molecule has 3 aromatic rings. The maximum absolute atomic E-state index is 12.3. The van der Waals surface area contributed by atoms with E-state index >= 15 is 0 Å². The lowest BCUT2D eigenvalue weighted by molar-refractivity contribution is 0.454. The first kappa shape index (κ1) is 13.6. The minimum atomic E-state index is -0.376. The zero-order valence-corrected chi connectivity index (χ0v) is 12.5. The van der Waals surface area contributed by atoms with E-state index in [4.69, 9.17) is 0 Å². The first-order valence-corrected chi connectivity index (χ1v) is 7.09. The Morgan fingerprint density at radius 1 is 1.00 bits per heavy atom. The van der Waals surface area contributed by atoms with Crippen molar-refractivity contribution in [3.8, 4) is 28.4 Å². The molecule has 21 heavy (non-hydrogen) atoms. The number of aromatic nitrogens is 2. The van der Waals surface area contributed by atoms with Crippen molar-refractivity contribution in [2.75, 3.05) is 0 Å². The van der Waals surface area contributed by atoms with Crippen LogP contribution in [0.2, 0.25) is 0 Å². The second-order valence-corrected chi connectivity index (χ2v) is 5.31. The predicted molar refractivity (Wildman–Crippen MR) is 85.1 cm³/mol. The van der Waals surface area contributed by atoms with E-state index in [-0.39, 0.29) is 17.0 Å². The van der Waals surface area contributed by atoms with Gasteiger partial charge >= 0.3 is 0 Å². The molecule has 0 aliphatic heterocycles. The van der Waals surface area contributed by atoms with E-state index in [1.54, 1.807) is 24.3 Å². The van der Waals surface area contributed by atoms with Crippen LogP contribution in [0.5, 0.6) is 5.88 Å². The lowest BCUT2D eigenvalue weighted by Gasteiger charge is -2.07. The van der Waals surface area contributed by atoms with Crippen molar-refractivity contribution in [1.29, 1.82) is 0 Å². The van der Waals surface area contributed by atoms with E-state index in [1.165, 1.54) is 0 Å². The number of H-pyrrole nitrogens is 1. The Labute approximate surface area is 129 Å². The maximum Gasteiger partial charge on any atom is 0.262 e. The summed E-state index contributed by atoms with van der Waals surface area (Å²) in [5.74, 6) is 0.0420. The highest BCUT2D eigenvalue weighted by Crippen LogP contribution is 2.28. The molecular formula is C16H11BrN2O2. The van der Waals surface area contributed by atoms with Gasteiger partial charge in [-0.2, -0.15) is 4.98 Å². The topological polar surface area (TPSA) is 66.0 Å². The highest BCUT2D eigenvalue weighted by atomic mass is 79.9. The lowest BCUT2D eigenvalue weighted by atomic mass is 10.1. The van der Waals surface area contributed by atoms with Crippen LogP contribution < -0.4 is 5.56 Å². The summed E-state index contributed by atoms with van der Waals surface area (Å²) in [7, 11) is 0. The van der Waals surface area contributed by atoms with Gasteiger partial charge in [0.25, 0.3) is 5.56 Å². The van der Waals surface area contributed by atoms with E-state index in [9.17, 15) is 9.90 Å². The molecule has 2 N–H and O–H groups in total. The van der Waals surface area contributed by atoms with Gasteiger partial charge < -0.3 is 10.1 Å². The molecule has 0 aliphatic carbocycles. The summed E-state index contributed by atoms with van der Waals surface area (Å²) >= 11 is 3.40. The Hall–Kier alpha value is -2.40. The average molecular weight is 343 g/mol. The molecule has 0 aliphatic rings. The standard InChI is InChI=1S/C16H11BrN2O2/c17-12-9-5-4-8-11(12)14-18-15(20)13(16(21)19-14)10-6-2-1-3-7-10/h1-9H,(H2,18,19,20,21). The molecule has 1 aromatic heterocycles. The number of halogens is 1. The van der Waals surface area contributed by atoms with Crippen molar-refractivity contribution in [3.05, 3.63) is 69.4 Å². The van der Waals surface area contributed by atoms with Gasteiger partial charge in [0, 0.05) is 10.0 Å². The van der Waals surface area contributed by atoms with Gasteiger partial charge in [0.1, 0.15) is 11.4 Å². The van der Waals surface area contributed by atoms with E-state index < -0.39 is 0 Å². The van der Waals surface area contributed by atoms with Crippen molar-refractivity contribution in [1.82, 2.24) is 9.97 Å². The first-order valence-electron chi connectivity index (χ1n) is 6.30. The summed E-state index contributed by atoms with van der Waals surface area (Å²) in [5, 5.41) is 10.1. The van der Waals surface area contributed by atoms with Crippen LogP contribution in [-0.2, 0) is 0 Å². The van der Waals surface area contributed by atoms with Crippen molar-refractivity contribution >= 4 is 15.9 Å². The minimum absolute atomic E-state index is 0.173. The van der Waals surface area contributed by atoms with Crippen molar-refractivity contribution in [2.45, 2.75) is 0 Å². The lowest BCUT2D eigenvalue weighted by Crippen LogP contribution is -2.12. The Kier molecular flexibility index (Phi) is 3.58. The molecule has 0 saturated carbocycles. The Morgan fingerprint density at radius 3 is 2.33 bits per heavy atom. The number of aromatic hydroxyl groups is 1. The fourth-order valence-electron chi connectivity index (χ4n) is 2.11. The molecule has 4 nitrogen and oxygen atoms in total. The van der Waals surface area contributed by atoms with Gasteiger partial charge in [-0.3, -0.25) is 4.79 Å². The number of benzene rings is 2. The Balaban J connectivity index is 2.18. The van der Waals surface area contributed by atoms with Crippen LogP contribution in [0, 0.1) is 0 Å². The second-order valence-electron chi connectivity index (χ2n) is 4.46. The average Bonchev–Trinajstić information content (AvgIpc) is 2.48. The van der Waals surface area contributed by atoms with Crippen molar-refractivity contribution in [2.24, 2.45) is 0 Å². The smallest absolute Gasteiger partial charge is 0.262 e. The molecule has 0 fully saturated rings. The molecule has 5 heteroatoms. The van der Waals surface area contributed by atoms with Gasteiger partial charge in [-0.15, -0.1) is 0 Å². The third kappa shape index (κ3) is 2.60. The highest BCUT2D eigenvalue weighted by Gasteiger charge is 2.14. The fourth-order valence-corrected chi connectivity index (χ4v) is 2.58. The van der Waals surface area contributed by atoms with Gasteiger partial charge in [0.15, 0.2) is 0 Å². The third-order valence-corrected chi connectivity index (χ3v) is 3.78. The van der Waals surface area contributed by atoms with Gasteiger partial charge in [0.2, 0.25) is 5.88 Å². The zero-order chi connectivity index (χ0) is 14.8. The summed E-state index contributed by atoms with van der Waals surface area (Å²) < 4.78 is 0.792. The quantitative estimate of drug-likeness (QED) is 0.748. The number of nitrogens with zero attached hydrogens (tertiary/aromatic N) is 1. The number of hydrogen-bond donors (Lipinski definition) is 2.